The lowest BCUT2D eigenvalue weighted by atomic mass is 9.44. The highest BCUT2D eigenvalue weighted by Crippen LogP contribution is 2.64. The lowest BCUT2D eigenvalue weighted by Gasteiger charge is -2.67. The summed E-state index contributed by atoms with van der Waals surface area (Å²) in [6, 6.07) is 15.0. The summed E-state index contributed by atoms with van der Waals surface area (Å²) >= 11 is 0. The van der Waals surface area contributed by atoms with Crippen LogP contribution in [0.15, 0.2) is 71.8 Å². The summed E-state index contributed by atoms with van der Waals surface area (Å²) < 4.78 is 29.7. The number of aliphatic hydroxyl groups is 4. The van der Waals surface area contributed by atoms with E-state index in [1.54, 1.807) is 76.2 Å². The minimum Gasteiger partial charge on any atom is -0.456 e. The van der Waals surface area contributed by atoms with Crippen LogP contribution in [0.4, 0.5) is 4.79 Å². The van der Waals surface area contributed by atoms with Crippen molar-refractivity contribution in [3.8, 4) is 0 Å². The molecule has 312 valence electrons. The van der Waals surface area contributed by atoms with Crippen LogP contribution in [0.1, 0.15) is 83.3 Å². The zero-order chi connectivity index (χ0) is 42.3. The quantitative estimate of drug-likeness (QED) is 0.172. The Hall–Kier alpha value is -4.67. The molecule has 2 aromatic rings. The van der Waals surface area contributed by atoms with E-state index in [9.17, 15) is 44.4 Å². The predicted molar refractivity (Wildman–Crippen MR) is 202 cm³/mol. The van der Waals surface area contributed by atoms with Gasteiger partial charge in [-0.25, -0.2) is 14.4 Å². The molecule has 0 unspecified atom stereocenters. The lowest BCUT2D eigenvalue weighted by Crippen LogP contribution is -2.81. The van der Waals surface area contributed by atoms with Gasteiger partial charge in [-0.05, 0) is 56.5 Å². The molecule has 0 spiro atoms. The molecule has 15 nitrogen and oxygen atoms in total. The first-order valence-corrected chi connectivity index (χ1v) is 19.4. The number of amides is 1. The fraction of sp³-hybridized carbons (Fsp3) is 0.558. The van der Waals surface area contributed by atoms with E-state index < -0.39 is 112 Å². The van der Waals surface area contributed by atoms with Crippen LogP contribution in [-0.4, -0.2) is 122 Å². The summed E-state index contributed by atoms with van der Waals surface area (Å²) in [7, 11) is 0. The van der Waals surface area contributed by atoms with Gasteiger partial charge < -0.3 is 44.1 Å². The van der Waals surface area contributed by atoms with Gasteiger partial charge in [0.05, 0.1) is 42.2 Å². The highest BCUT2D eigenvalue weighted by atomic mass is 16.6. The summed E-state index contributed by atoms with van der Waals surface area (Å²) in [6.45, 7) is 10.3. The Bertz CT molecular complexity index is 2030. The van der Waals surface area contributed by atoms with Crippen molar-refractivity contribution in [2.24, 2.45) is 16.7 Å². The van der Waals surface area contributed by atoms with Gasteiger partial charge in [-0.3, -0.25) is 14.5 Å². The molecule has 1 amide bonds. The first-order valence-electron chi connectivity index (χ1n) is 19.4. The number of esters is 3. The van der Waals surface area contributed by atoms with Gasteiger partial charge in [0.15, 0.2) is 17.5 Å². The number of ether oxygens (including phenoxy) is 5. The van der Waals surface area contributed by atoms with Crippen molar-refractivity contribution in [2.75, 3.05) is 13.2 Å². The summed E-state index contributed by atoms with van der Waals surface area (Å²) in [6.07, 6.45) is -11.2. The molecular formula is C43H51NO14. The Morgan fingerprint density at radius 2 is 1.55 bits per heavy atom. The Morgan fingerprint density at radius 1 is 0.931 bits per heavy atom. The second kappa shape index (κ2) is 14.3. The third-order valence-corrected chi connectivity index (χ3v) is 13.3. The molecule has 0 radical (unpaired) electrons. The third-order valence-electron chi connectivity index (χ3n) is 13.3. The lowest BCUT2D eigenvalue weighted by molar-refractivity contribution is -0.346. The predicted octanol–water partition coefficient (Wildman–Crippen LogP) is 2.97. The molecule has 7 rings (SSSR count). The van der Waals surface area contributed by atoms with Crippen LogP contribution in [0.25, 0.3) is 0 Å². The van der Waals surface area contributed by atoms with E-state index in [0.29, 0.717) is 5.56 Å². The molecule has 2 aromatic carbocycles. The van der Waals surface area contributed by atoms with E-state index in [-0.39, 0.29) is 36.3 Å². The number of cyclic esters (lactones) is 1. The molecule has 2 saturated heterocycles. The fourth-order valence-corrected chi connectivity index (χ4v) is 10.3. The van der Waals surface area contributed by atoms with E-state index in [1.165, 1.54) is 30.9 Å². The maximum absolute atomic E-state index is 15.0. The minimum atomic E-state index is -2.35. The van der Waals surface area contributed by atoms with E-state index in [2.05, 4.69) is 0 Å². The summed E-state index contributed by atoms with van der Waals surface area (Å²) in [4.78, 5) is 70.6. The van der Waals surface area contributed by atoms with Gasteiger partial charge in [0, 0.05) is 25.2 Å². The maximum atomic E-state index is 15.0. The molecule has 4 N–H and O–H groups in total. The Kier molecular flexibility index (Phi) is 10.2. The highest BCUT2D eigenvalue weighted by Gasteiger charge is 2.78. The van der Waals surface area contributed by atoms with Crippen molar-refractivity contribution in [3.05, 3.63) is 82.9 Å². The van der Waals surface area contributed by atoms with Gasteiger partial charge in [-0.1, -0.05) is 62.4 Å². The number of hydrogen-bond acceptors (Lipinski definition) is 14. The van der Waals surface area contributed by atoms with E-state index in [1.807, 2.05) is 0 Å². The van der Waals surface area contributed by atoms with Gasteiger partial charge in [0.1, 0.15) is 35.6 Å². The smallest absolute Gasteiger partial charge is 0.411 e. The summed E-state index contributed by atoms with van der Waals surface area (Å²) in [5, 5.41) is 49.3. The number of ketones is 1. The molecule has 0 aromatic heterocycles. The Morgan fingerprint density at radius 3 is 2.10 bits per heavy atom. The fourth-order valence-electron chi connectivity index (χ4n) is 10.3. The highest BCUT2D eigenvalue weighted by molar-refractivity contribution is 5.94. The molecular weight excluding hydrogens is 754 g/mol. The standard InChI is InChI=1S/C43H51NO14/c1-22-26(55-37(51)32(48)30(24-14-10-8-11-15-24)44-20-39(3,4)58-38(44)52)19-43(53)35(56-36(50)25-16-12-9-13-17-25)33-41(7,34(49)31(47)29(22)40(43,5)6)27(46)18-28-42(33,21-54-28)57-23(2)45/h8-17,26-28,30-33,35,46-48,53H,18-21H2,1-7H3/t26-,27-,28+,30-,31+,32+,33-,35-,41+,42-,43+/m0/s1. The molecule has 3 aliphatic carbocycles. The molecule has 15 heteroatoms. The average Bonchev–Trinajstić information content (AvgIpc) is 3.44. The Balaban J connectivity index is 1.37. The van der Waals surface area contributed by atoms with E-state index in [4.69, 9.17) is 23.7 Å². The van der Waals surface area contributed by atoms with Crippen molar-refractivity contribution in [1.82, 2.24) is 4.90 Å². The third kappa shape index (κ3) is 6.24. The van der Waals surface area contributed by atoms with Crippen molar-refractivity contribution < 1.29 is 68.1 Å². The van der Waals surface area contributed by atoms with Gasteiger partial charge in [0.25, 0.3) is 0 Å². The first kappa shape index (κ1) is 41.5. The summed E-state index contributed by atoms with van der Waals surface area (Å²) in [5.41, 5.74) is -8.03. The monoisotopic (exact) mass is 805 g/mol. The van der Waals surface area contributed by atoms with Gasteiger partial charge in [-0.2, -0.15) is 0 Å². The van der Waals surface area contributed by atoms with Crippen molar-refractivity contribution in [1.29, 1.82) is 0 Å². The number of aliphatic hydroxyl groups excluding tert-OH is 3. The largest absolute Gasteiger partial charge is 0.456 e. The van der Waals surface area contributed by atoms with E-state index >= 15 is 0 Å². The number of fused-ring (bicyclic) bond motifs is 5. The number of carbonyl (C=O) groups excluding carboxylic acids is 5. The van der Waals surface area contributed by atoms with Crippen molar-refractivity contribution in [2.45, 2.75) is 121 Å². The first-order chi connectivity index (χ1) is 27.1. The van der Waals surface area contributed by atoms with E-state index in [0.717, 1.165) is 6.92 Å². The van der Waals surface area contributed by atoms with Gasteiger partial charge in [0.2, 0.25) is 0 Å². The summed E-state index contributed by atoms with van der Waals surface area (Å²) in [5.74, 6) is -5.29. The number of rotatable bonds is 8. The van der Waals surface area contributed by atoms with Crippen LogP contribution < -0.4 is 0 Å². The molecule has 4 fully saturated rings. The number of benzene rings is 2. The van der Waals surface area contributed by atoms with Crippen LogP contribution in [0.5, 0.6) is 0 Å². The van der Waals surface area contributed by atoms with Gasteiger partial charge in [-0.15, -0.1) is 0 Å². The second-order valence-electron chi connectivity index (χ2n) is 17.7. The molecule has 5 aliphatic rings. The second-order valence-corrected chi connectivity index (χ2v) is 17.7. The van der Waals surface area contributed by atoms with Crippen LogP contribution in [0, 0.1) is 16.7 Å². The molecule has 58 heavy (non-hydrogen) atoms. The zero-order valence-corrected chi connectivity index (χ0v) is 33.5. The van der Waals surface area contributed by atoms with Crippen LogP contribution in [0.3, 0.4) is 0 Å². The number of Topliss-reactive ketones (excluding diaryl/α,β-unsaturated/α-hetero) is 1. The molecule has 11 atom stereocenters. The van der Waals surface area contributed by atoms with Crippen LogP contribution in [-0.2, 0) is 38.1 Å². The molecule has 2 bridgehead atoms. The minimum absolute atomic E-state index is 0.0275. The molecule has 2 heterocycles. The van der Waals surface area contributed by atoms with Crippen LogP contribution in [0.2, 0.25) is 0 Å². The normalized spacial score (nSPS) is 35.8. The van der Waals surface area contributed by atoms with Crippen molar-refractivity contribution >= 4 is 29.8 Å². The topological polar surface area (TPSA) is 216 Å². The number of nitrogens with zero attached hydrogens (tertiary/aromatic N) is 1. The number of carbonyl (C=O) groups is 5. The molecule has 2 aliphatic heterocycles. The number of hydrogen-bond donors (Lipinski definition) is 4. The SMILES string of the molecule is CC(=O)O[C@@]12CO[C@@H]1C[C@H](O)[C@@]1(C)C(=O)[C@H](O)C3=C(C)[C@@H](OC(=O)[C@H](O)[C@H](c4ccccc4)N4CC(C)(C)OC4=O)C[C@@](O)([C@@H](OC(=O)c4ccccc4)[C@H]21)C3(C)C. The maximum Gasteiger partial charge on any atom is 0.411 e. The Labute approximate surface area is 335 Å². The van der Waals surface area contributed by atoms with Crippen LogP contribution >= 0.6 is 0 Å². The average molecular weight is 806 g/mol. The van der Waals surface area contributed by atoms with Gasteiger partial charge >= 0.3 is 24.0 Å². The zero-order valence-electron chi connectivity index (χ0n) is 33.5. The molecule has 2 saturated carbocycles. The van der Waals surface area contributed by atoms with Crippen molar-refractivity contribution in [3.63, 3.8) is 0 Å².